The molecule has 8 heteroatoms. The van der Waals surface area contributed by atoms with Gasteiger partial charge in [0.25, 0.3) is 5.91 Å². The molecule has 150 valence electrons. The van der Waals surface area contributed by atoms with Gasteiger partial charge in [-0.05, 0) is 24.6 Å². The van der Waals surface area contributed by atoms with E-state index in [1.165, 1.54) is 6.21 Å². The van der Waals surface area contributed by atoms with E-state index in [4.69, 9.17) is 14.7 Å². The van der Waals surface area contributed by atoms with Gasteiger partial charge in [0.05, 0.1) is 12.8 Å². The zero-order valence-electron chi connectivity index (χ0n) is 16.0. The number of benzene rings is 2. The van der Waals surface area contributed by atoms with Crippen LogP contribution in [0.2, 0.25) is 0 Å². The van der Waals surface area contributed by atoms with Gasteiger partial charge in [-0.25, -0.2) is 10.2 Å². The van der Waals surface area contributed by atoms with Gasteiger partial charge in [0.1, 0.15) is 17.9 Å². The molecule has 2 aromatic carbocycles. The van der Waals surface area contributed by atoms with Gasteiger partial charge >= 0.3 is 6.09 Å². The number of carbonyl (C=O) groups excluding carboxylic acids is 2. The molecule has 0 saturated heterocycles. The van der Waals surface area contributed by atoms with Crippen LogP contribution in [0.4, 0.5) is 4.79 Å². The highest BCUT2D eigenvalue weighted by molar-refractivity contribution is 5.88. The van der Waals surface area contributed by atoms with Crippen LogP contribution in [0.3, 0.4) is 0 Å². The molecule has 0 saturated carbocycles. The van der Waals surface area contributed by atoms with Crippen molar-refractivity contribution >= 4 is 18.2 Å². The largest absolute Gasteiger partial charge is 0.478 e. The minimum absolute atomic E-state index is 0.0974. The summed E-state index contributed by atoms with van der Waals surface area (Å²) in [6.07, 6.45) is 1.01. The lowest BCUT2D eigenvalue weighted by Gasteiger charge is -2.16. The Hall–Kier alpha value is -3.86. The van der Waals surface area contributed by atoms with E-state index < -0.39 is 18.0 Å². The first-order valence-corrected chi connectivity index (χ1v) is 9.03. The molecule has 0 aromatic heterocycles. The molecule has 2 rings (SSSR count). The van der Waals surface area contributed by atoms with E-state index in [1.54, 1.807) is 31.2 Å². The van der Waals surface area contributed by atoms with E-state index in [0.717, 1.165) is 5.56 Å². The van der Waals surface area contributed by atoms with E-state index in [2.05, 4.69) is 15.8 Å². The van der Waals surface area contributed by atoms with Crippen LogP contribution in [0.15, 0.2) is 59.7 Å². The standard InChI is InChI=1S/C21H22N4O4/c1-2-28-21(27)24-18(14-16-8-4-3-5-9-16)20(26)25-23-15-17-10-6-7-11-19(17)29-13-12-22/h3-11,15,18H,2,13-14H2,1H3,(H,24,27)(H,25,26)/b23-15-/t18-/m1/s1. The SMILES string of the molecule is CCOC(=O)N[C@H](Cc1ccccc1)C(=O)N/N=C\c1ccccc1OCC#N. The fourth-order valence-electron chi connectivity index (χ4n) is 2.45. The molecule has 0 aliphatic heterocycles. The highest BCUT2D eigenvalue weighted by Crippen LogP contribution is 2.15. The molecule has 2 aromatic rings. The maximum absolute atomic E-state index is 12.6. The Morgan fingerprint density at radius 1 is 1.17 bits per heavy atom. The first-order chi connectivity index (χ1) is 14.1. The summed E-state index contributed by atoms with van der Waals surface area (Å²) in [7, 11) is 0. The average Bonchev–Trinajstić information content (AvgIpc) is 2.73. The number of carbonyl (C=O) groups is 2. The van der Waals surface area contributed by atoms with Crippen molar-refractivity contribution in [2.24, 2.45) is 5.10 Å². The number of hydrazone groups is 1. The van der Waals surface area contributed by atoms with Crippen LogP contribution in [0, 0.1) is 11.3 Å². The number of amides is 2. The fraction of sp³-hybridized carbons (Fsp3) is 0.238. The van der Waals surface area contributed by atoms with Gasteiger partial charge in [-0.1, -0.05) is 42.5 Å². The second-order valence-corrected chi connectivity index (χ2v) is 5.83. The molecule has 0 spiro atoms. The van der Waals surface area contributed by atoms with Crippen LogP contribution in [0.1, 0.15) is 18.1 Å². The fourth-order valence-corrected chi connectivity index (χ4v) is 2.45. The molecule has 2 N–H and O–H groups in total. The monoisotopic (exact) mass is 394 g/mol. The molecule has 0 radical (unpaired) electrons. The van der Waals surface area contributed by atoms with Crippen molar-refractivity contribution in [2.45, 2.75) is 19.4 Å². The van der Waals surface area contributed by atoms with Crippen LogP contribution in [-0.2, 0) is 16.0 Å². The van der Waals surface area contributed by atoms with Crippen LogP contribution >= 0.6 is 0 Å². The van der Waals surface area contributed by atoms with Crippen molar-refractivity contribution < 1.29 is 19.1 Å². The van der Waals surface area contributed by atoms with Gasteiger partial charge in [-0.2, -0.15) is 10.4 Å². The van der Waals surface area contributed by atoms with Crippen LogP contribution in [-0.4, -0.2) is 37.5 Å². The van der Waals surface area contributed by atoms with Gasteiger partial charge < -0.3 is 14.8 Å². The molecular weight excluding hydrogens is 372 g/mol. The number of ether oxygens (including phenoxy) is 2. The van der Waals surface area contributed by atoms with Crippen LogP contribution < -0.4 is 15.5 Å². The van der Waals surface area contributed by atoms with Crippen molar-refractivity contribution in [3.8, 4) is 11.8 Å². The Labute approximate surface area is 169 Å². The van der Waals surface area contributed by atoms with E-state index in [1.807, 2.05) is 36.4 Å². The zero-order valence-corrected chi connectivity index (χ0v) is 16.0. The van der Waals surface area contributed by atoms with Crippen LogP contribution in [0.5, 0.6) is 5.75 Å². The van der Waals surface area contributed by atoms with Crippen molar-refractivity contribution in [1.29, 1.82) is 5.26 Å². The summed E-state index contributed by atoms with van der Waals surface area (Å²) in [6, 6.07) is 17.3. The second-order valence-electron chi connectivity index (χ2n) is 5.83. The van der Waals surface area contributed by atoms with Gasteiger partial charge in [-0.15, -0.1) is 0 Å². The van der Waals surface area contributed by atoms with Crippen LogP contribution in [0.25, 0.3) is 0 Å². The molecule has 0 heterocycles. The average molecular weight is 394 g/mol. The van der Waals surface area contributed by atoms with Crippen molar-refractivity contribution in [3.63, 3.8) is 0 Å². The van der Waals surface area contributed by atoms with Crippen molar-refractivity contribution in [3.05, 3.63) is 65.7 Å². The number of para-hydroxylation sites is 1. The van der Waals surface area contributed by atoms with Gasteiger partial charge in [0.2, 0.25) is 0 Å². The molecule has 8 nitrogen and oxygen atoms in total. The third kappa shape index (κ3) is 7.34. The molecule has 0 bridgehead atoms. The highest BCUT2D eigenvalue weighted by Gasteiger charge is 2.21. The quantitative estimate of drug-likeness (QED) is 0.501. The first kappa shape index (κ1) is 21.4. The molecule has 29 heavy (non-hydrogen) atoms. The Balaban J connectivity index is 2.06. The summed E-state index contributed by atoms with van der Waals surface area (Å²) in [4.78, 5) is 24.4. The number of hydrogen-bond donors (Lipinski definition) is 2. The maximum Gasteiger partial charge on any atom is 0.407 e. The minimum atomic E-state index is -0.862. The molecule has 0 fully saturated rings. The van der Waals surface area contributed by atoms with Gasteiger partial charge in [0.15, 0.2) is 6.61 Å². The Kier molecular flexibility index (Phi) is 8.70. The summed E-state index contributed by atoms with van der Waals surface area (Å²) in [6.45, 7) is 1.78. The highest BCUT2D eigenvalue weighted by atomic mass is 16.5. The lowest BCUT2D eigenvalue weighted by atomic mass is 10.1. The summed E-state index contributed by atoms with van der Waals surface area (Å²) in [5.41, 5.74) is 3.90. The van der Waals surface area contributed by atoms with E-state index in [9.17, 15) is 9.59 Å². The predicted octanol–water partition coefficient (Wildman–Crippen LogP) is 2.40. The molecule has 0 aliphatic carbocycles. The number of alkyl carbamates (subject to hydrolysis) is 1. The van der Waals surface area contributed by atoms with Crippen molar-refractivity contribution in [1.82, 2.24) is 10.7 Å². The summed E-state index contributed by atoms with van der Waals surface area (Å²) < 4.78 is 10.2. The first-order valence-electron chi connectivity index (χ1n) is 9.03. The number of rotatable bonds is 9. The van der Waals surface area contributed by atoms with E-state index in [-0.39, 0.29) is 19.6 Å². The third-order valence-corrected chi connectivity index (χ3v) is 3.76. The number of nitrogens with one attached hydrogen (secondary N) is 2. The third-order valence-electron chi connectivity index (χ3n) is 3.76. The Morgan fingerprint density at radius 3 is 2.62 bits per heavy atom. The van der Waals surface area contributed by atoms with Crippen molar-refractivity contribution in [2.75, 3.05) is 13.2 Å². The second kappa shape index (κ2) is 11.8. The maximum atomic E-state index is 12.6. The molecular formula is C21H22N4O4. The van der Waals surface area contributed by atoms with Gasteiger partial charge in [0, 0.05) is 12.0 Å². The number of hydrogen-bond acceptors (Lipinski definition) is 6. The molecule has 0 aliphatic rings. The summed E-state index contributed by atoms with van der Waals surface area (Å²) >= 11 is 0. The van der Waals surface area contributed by atoms with E-state index >= 15 is 0 Å². The Bertz CT molecular complexity index is 878. The lowest BCUT2D eigenvalue weighted by molar-refractivity contribution is -0.123. The number of nitriles is 1. The summed E-state index contributed by atoms with van der Waals surface area (Å²) in [5, 5.41) is 15.1. The minimum Gasteiger partial charge on any atom is -0.478 e. The summed E-state index contributed by atoms with van der Waals surface area (Å²) in [5.74, 6) is -0.0221. The normalized spacial score (nSPS) is 11.3. The number of nitrogens with zero attached hydrogens (tertiary/aromatic N) is 2. The molecule has 0 unspecified atom stereocenters. The topological polar surface area (TPSA) is 113 Å². The van der Waals surface area contributed by atoms with E-state index in [0.29, 0.717) is 11.3 Å². The molecule has 1 atom stereocenters. The Morgan fingerprint density at radius 2 is 1.90 bits per heavy atom. The smallest absolute Gasteiger partial charge is 0.407 e. The zero-order chi connectivity index (χ0) is 20.9. The predicted molar refractivity (Wildman–Crippen MR) is 107 cm³/mol. The molecule has 2 amide bonds. The lowest BCUT2D eigenvalue weighted by Crippen LogP contribution is -2.47. The van der Waals surface area contributed by atoms with Gasteiger partial charge in [-0.3, -0.25) is 4.79 Å².